The molecule has 19 heavy (non-hydrogen) atoms. The molecule has 3 heteroatoms. The summed E-state index contributed by atoms with van der Waals surface area (Å²) < 4.78 is 6.13. The molecule has 0 amide bonds. The van der Waals surface area contributed by atoms with E-state index in [4.69, 9.17) is 4.74 Å². The molecular weight excluding hydrogens is 238 g/mol. The van der Waals surface area contributed by atoms with Gasteiger partial charge in [0.05, 0.1) is 11.2 Å². The van der Waals surface area contributed by atoms with Crippen molar-refractivity contribution in [1.82, 2.24) is 5.32 Å². The van der Waals surface area contributed by atoms with Gasteiger partial charge in [-0.05, 0) is 38.5 Å². The van der Waals surface area contributed by atoms with Gasteiger partial charge in [-0.1, -0.05) is 33.1 Å². The quantitative estimate of drug-likeness (QED) is 0.824. The van der Waals surface area contributed by atoms with Gasteiger partial charge in [0.2, 0.25) is 0 Å². The predicted molar refractivity (Wildman–Crippen MR) is 78.3 cm³/mol. The first kappa shape index (κ1) is 15.3. The molecule has 2 fully saturated rings. The first-order valence-corrected chi connectivity index (χ1v) is 8.03. The van der Waals surface area contributed by atoms with Crippen LogP contribution in [0.3, 0.4) is 0 Å². The Morgan fingerprint density at radius 1 is 1.32 bits per heavy atom. The van der Waals surface area contributed by atoms with E-state index in [9.17, 15) is 5.11 Å². The maximum absolute atomic E-state index is 10.8. The van der Waals surface area contributed by atoms with E-state index in [1.165, 1.54) is 32.1 Å². The molecule has 1 saturated carbocycles. The maximum atomic E-state index is 10.8. The van der Waals surface area contributed by atoms with Crippen molar-refractivity contribution >= 4 is 0 Å². The second-order valence-corrected chi connectivity index (χ2v) is 7.17. The number of hydrogen-bond acceptors (Lipinski definition) is 3. The minimum absolute atomic E-state index is 0.0863. The lowest BCUT2D eigenvalue weighted by molar-refractivity contribution is -0.151. The fourth-order valence-electron chi connectivity index (χ4n) is 3.66. The Labute approximate surface area is 118 Å². The van der Waals surface area contributed by atoms with E-state index in [0.717, 1.165) is 19.4 Å². The number of ether oxygens (including phenoxy) is 1. The van der Waals surface area contributed by atoms with Crippen molar-refractivity contribution in [2.75, 3.05) is 13.2 Å². The molecule has 2 aliphatic rings. The van der Waals surface area contributed by atoms with Crippen LogP contribution in [-0.2, 0) is 4.74 Å². The second kappa shape index (κ2) is 6.11. The second-order valence-electron chi connectivity index (χ2n) is 7.17. The van der Waals surface area contributed by atoms with Crippen LogP contribution in [-0.4, -0.2) is 35.5 Å². The third-order valence-electron chi connectivity index (χ3n) is 5.01. The molecule has 2 rings (SSSR count). The maximum Gasteiger partial charge on any atom is 0.0773 e. The summed E-state index contributed by atoms with van der Waals surface area (Å²) in [6.45, 7) is 7.76. The lowest BCUT2D eigenvalue weighted by Gasteiger charge is -2.47. The van der Waals surface area contributed by atoms with Gasteiger partial charge in [0.1, 0.15) is 0 Å². The average molecular weight is 269 g/mol. The fraction of sp³-hybridized carbons (Fsp3) is 1.00. The molecule has 0 radical (unpaired) electrons. The largest absolute Gasteiger partial charge is 0.389 e. The van der Waals surface area contributed by atoms with E-state index in [0.29, 0.717) is 18.5 Å². The van der Waals surface area contributed by atoms with Crippen LogP contribution in [0.25, 0.3) is 0 Å². The van der Waals surface area contributed by atoms with Crippen LogP contribution in [0, 0.1) is 5.92 Å². The van der Waals surface area contributed by atoms with Gasteiger partial charge in [0.15, 0.2) is 0 Å². The van der Waals surface area contributed by atoms with Gasteiger partial charge in [0.25, 0.3) is 0 Å². The summed E-state index contributed by atoms with van der Waals surface area (Å²) in [6, 6.07) is 0.426. The Hall–Kier alpha value is -0.120. The van der Waals surface area contributed by atoms with Crippen molar-refractivity contribution in [2.45, 2.75) is 83.0 Å². The standard InChI is InChI=1S/C16H31NO2/c1-13(2)17-12-15(3,18)14-7-10-19-16(11-14)8-5-4-6-9-16/h13-14,17-18H,4-12H2,1-3H3. The van der Waals surface area contributed by atoms with Crippen molar-refractivity contribution in [2.24, 2.45) is 5.92 Å². The molecule has 112 valence electrons. The van der Waals surface area contributed by atoms with Crippen molar-refractivity contribution < 1.29 is 9.84 Å². The summed E-state index contributed by atoms with van der Waals surface area (Å²) in [5.41, 5.74) is -0.526. The third kappa shape index (κ3) is 3.93. The molecule has 1 spiro atoms. The summed E-state index contributed by atoms with van der Waals surface area (Å²) in [6.07, 6.45) is 8.35. The van der Waals surface area contributed by atoms with Crippen molar-refractivity contribution in [3.05, 3.63) is 0 Å². The molecule has 0 aromatic carbocycles. The molecule has 0 aromatic heterocycles. The van der Waals surface area contributed by atoms with Gasteiger partial charge >= 0.3 is 0 Å². The minimum Gasteiger partial charge on any atom is -0.389 e. The highest BCUT2D eigenvalue weighted by atomic mass is 16.5. The van der Waals surface area contributed by atoms with Crippen LogP contribution in [0.2, 0.25) is 0 Å². The number of aliphatic hydroxyl groups is 1. The van der Waals surface area contributed by atoms with Gasteiger partial charge in [0, 0.05) is 19.2 Å². The smallest absolute Gasteiger partial charge is 0.0773 e. The lowest BCUT2D eigenvalue weighted by Crippen LogP contribution is -2.52. The molecule has 1 aliphatic heterocycles. The minimum atomic E-state index is -0.613. The van der Waals surface area contributed by atoms with E-state index in [1.807, 2.05) is 6.92 Å². The zero-order valence-corrected chi connectivity index (χ0v) is 12.9. The highest BCUT2D eigenvalue weighted by molar-refractivity contribution is 4.96. The molecule has 3 nitrogen and oxygen atoms in total. The normalized spacial score (nSPS) is 30.5. The van der Waals surface area contributed by atoms with Crippen LogP contribution in [0.1, 0.15) is 65.7 Å². The van der Waals surface area contributed by atoms with Crippen LogP contribution in [0.5, 0.6) is 0 Å². The topological polar surface area (TPSA) is 41.5 Å². The molecule has 1 heterocycles. The predicted octanol–water partition coefficient (Wildman–Crippen LogP) is 2.86. The van der Waals surface area contributed by atoms with E-state index in [1.54, 1.807) is 0 Å². The summed E-state index contributed by atoms with van der Waals surface area (Å²) in [4.78, 5) is 0. The van der Waals surface area contributed by atoms with Crippen LogP contribution in [0.15, 0.2) is 0 Å². The molecule has 1 saturated heterocycles. The van der Waals surface area contributed by atoms with Crippen molar-refractivity contribution in [1.29, 1.82) is 0 Å². The molecule has 2 unspecified atom stereocenters. The number of nitrogens with one attached hydrogen (secondary N) is 1. The van der Waals surface area contributed by atoms with E-state index in [2.05, 4.69) is 19.2 Å². The Morgan fingerprint density at radius 3 is 2.63 bits per heavy atom. The molecule has 2 atom stereocenters. The number of hydrogen-bond donors (Lipinski definition) is 2. The van der Waals surface area contributed by atoms with Gasteiger partial charge < -0.3 is 15.2 Å². The summed E-state index contributed by atoms with van der Waals surface area (Å²) in [5, 5.41) is 14.2. The molecule has 2 N–H and O–H groups in total. The number of rotatable bonds is 4. The summed E-state index contributed by atoms with van der Waals surface area (Å²) in [5.74, 6) is 0.366. The van der Waals surface area contributed by atoms with Crippen LogP contribution < -0.4 is 5.32 Å². The lowest BCUT2D eigenvalue weighted by atomic mass is 9.71. The highest BCUT2D eigenvalue weighted by Crippen LogP contribution is 2.43. The zero-order valence-electron chi connectivity index (χ0n) is 12.9. The first-order valence-electron chi connectivity index (χ1n) is 8.03. The fourth-order valence-corrected chi connectivity index (χ4v) is 3.66. The molecule has 0 bridgehead atoms. The first-order chi connectivity index (χ1) is 8.94. The van der Waals surface area contributed by atoms with Crippen LogP contribution in [0.4, 0.5) is 0 Å². The van der Waals surface area contributed by atoms with Gasteiger partial charge in [-0.15, -0.1) is 0 Å². The summed E-state index contributed by atoms with van der Waals surface area (Å²) >= 11 is 0. The highest BCUT2D eigenvalue weighted by Gasteiger charge is 2.44. The average Bonchev–Trinajstić information content (AvgIpc) is 2.37. The van der Waals surface area contributed by atoms with Crippen LogP contribution >= 0.6 is 0 Å². The van der Waals surface area contributed by atoms with E-state index < -0.39 is 5.60 Å². The Balaban J connectivity index is 1.95. The Morgan fingerprint density at radius 2 is 2.00 bits per heavy atom. The van der Waals surface area contributed by atoms with E-state index >= 15 is 0 Å². The monoisotopic (exact) mass is 269 g/mol. The third-order valence-corrected chi connectivity index (χ3v) is 5.01. The molecule has 0 aromatic rings. The molecule has 1 aliphatic carbocycles. The Kier molecular flexibility index (Phi) is 4.91. The summed E-state index contributed by atoms with van der Waals surface area (Å²) in [7, 11) is 0. The van der Waals surface area contributed by atoms with Gasteiger partial charge in [-0.25, -0.2) is 0 Å². The van der Waals surface area contributed by atoms with Crippen molar-refractivity contribution in [3.8, 4) is 0 Å². The molecular formula is C16H31NO2. The Bertz CT molecular complexity index is 277. The van der Waals surface area contributed by atoms with E-state index in [-0.39, 0.29) is 5.60 Å². The van der Waals surface area contributed by atoms with Gasteiger partial charge in [-0.2, -0.15) is 0 Å². The zero-order chi connectivity index (χ0) is 13.9. The SMILES string of the molecule is CC(C)NCC(C)(O)C1CCOC2(CCCCC2)C1. The van der Waals surface area contributed by atoms with Gasteiger partial charge in [-0.3, -0.25) is 0 Å². The van der Waals surface area contributed by atoms with Crippen molar-refractivity contribution in [3.63, 3.8) is 0 Å².